The lowest BCUT2D eigenvalue weighted by molar-refractivity contribution is 0.0780. The van der Waals surface area contributed by atoms with Crippen LogP contribution in [0.3, 0.4) is 0 Å². The van der Waals surface area contributed by atoms with Gasteiger partial charge in [0.1, 0.15) is 5.82 Å². The molecule has 0 saturated carbocycles. The minimum Gasteiger partial charge on any atom is -0.334 e. The molecule has 0 radical (unpaired) electrons. The van der Waals surface area contributed by atoms with Crippen LogP contribution in [0.1, 0.15) is 21.6 Å². The van der Waals surface area contributed by atoms with E-state index in [1.54, 1.807) is 6.20 Å². The Bertz CT molecular complexity index is 1240. The molecular formula is C24H18FN3O. The van der Waals surface area contributed by atoms with E-state index in [1.165, 1.54) is 6.07 Å². The van der Waals surface area contributed by atoms with E-state index in [9.17, 15) is 9.18 Å². The molecule has 1 aliphatic heterocycles. The highest BCUT2D eigenvalue weighted by atomic mass is 19.1. The predicted molar refractivity (Wildman–Crippen MR) is 110 cm³/mol. The first-order valence-corrected chi connectivity index (χ1v) is 9.56. The van der Waals surface area contributed by atoms with Crippen LogP contribution >= 0.6 is 0 Å². The molecule has 142 valence electrons. The number of aromatic nitrogens is 2. The summed E-state index contributed by atoms with van der Waals surface area (Å²) >= 11 is 0. The van der Waals surface area contributed by atoms with Crippen LogP contribution in [0.5, 0.6) is 0 Å². The van der Waals surface area contributed by atoms with E-state index in [0.29, 0.717) is 30.6 Å². The normalized spacial score (nSPS) is 13.1. The van der Waals surface area contributed by atoms with Crippen molar-refractivity contribution in [3.05, 3.63) is 95.7 Å². The molecule has 4 nitrogen and oxygen atoms in total. The van der Waals surface area contributed by atoms with Crippen molar-refractivity contribution < 1.29 is 9.18 Å². The average Bonchev–Trinajstić information content (AvgIpc) is 3.08. The van der Waals surface area contributed by atoms with Gasteiger partial charge >= 0.3 is 0 Å². The summed E-state index contributed by atoms with van der Waals surface area (Å²) < 4.78 is 13.6. The maximum Gasteiger partial charge on any atom is 0.255 e. The minimum atomic E-state index is -0.412. The number of carbonyl (C=O) groups excluding carboxylic acids is 1. The molecular weight excluding hydrogens is 365 g/mol. The summed E-state index contributed by atoms with van der Waals surface area (Å²) in [5.41, 5.74) is 4.87. The number of pyridine rings is 2. The van der Waals surface area contributed by atoms with E-state index in [4.69, 9.17) is 4.98 Å². The topological polar surface area (TPSA) is 46.1 Å². The molecule has 0 unspecified atom stereocenters. The van der Waals surface area contributed by atoms with Crippen molar-refractivity contribution in [2.24, 2.45) is 0 Å². The summed E-state index contributed by atoms with van der Waals surface area (Å²) in [5.74, 6) is -0.439. The molecule has 3 heterocycles. The van der Waals surface area contributed by atoms with E-state index in [0.717, 1.165) is 33.9 Å². The zero-order valence-electron chi connectivity index (χ0n) is 15.7. The third kappa shape index (κ3) is 3.25. The predicted octanol–water partition coefficient (Wildman–Crippen LogP) is 4.63. The van der Waals surface area contributed by atoms with Gasteiger partial charge in [0, 0.05) is 42.4 Å². The molecule has 1 aliphatic rings. The van der Waals surface area contributed by atoms with Crippen LogP contribution in [0.4, 0.5) is 4.39 Å². The Morgan fingerprint density at radius 2 is 1.90 bits per heavy atom. The molecule has 0 spiro atoms. The summed E-state index contributed by atoms with van der Waals surface area (Å²) in [6.07, 6.45) is 3.44. The number of halogens is 1. The third-order valence-electron chi connectivity index (χ3n) is 5.32. The molecule has 2 aromatic carbocycles. The van der Waals surface area contributed by atoms with E-state index in [1.807, 2.05) is 53.4 Å². The van der Waals surface area contributed by atoms with Gasteiger partial charge in [-0.15, -0.1) is 0 Å². The number of hydrogen-bond donors (Lipinski definition) is 0. The van der Waals surface area contributed by atoms with Gasteiger partial charge < -0.3 is 4.90 Å². The van der Waals surface area contributed by atoms with Crippen LogP contribution in [0.25, 0.3) is 22.0 Å². The number of para-hydroxylation sites is 1. The molecule has 0 saturated heterocycles. The van der Waals surface area contributed by atoms with Gasteiger partial charge in [0.25, 0.3) is 5.91 Å². The van der Waals surface area contributed by atoms with Crippen LogP contribution in [-0.4, -0.2) is 27.3 Å². The molecule has 5 rings (SSSR count). The highest BCUT2D eigenvalue weighted by Gasteiger charge is 2.30. The Morgan fingerprint density at radius 3 is 2.79 bits per heavy atom. The lowest BCUT2D eigenvalue weighted by Gasteiger charge is -2.15. The van der Waals surface area contributed by atoms with Gasteiger partial charge in [0.2, 0.25) is 0 Å². The first-order chi connectivity index (χ1) is 14.2. The fraction of sp³-hybridized carbons (Fsp3) is 0.125. The van der Waals surface area contributed by atoms with Crippen molar-refractivity contribution >= 4 is 16.8 Å². The van der Waals surface area contributed by atoms with Gasteiger partial charge in [0.05, 0.1) is 17.3 Å². The van der Waals surface area contributed by atoms with Crippen LogP contribution in [0.2, 0.25) is 0 Å². The Kier molecular flexibility index (Phi) is 4.28. The number of rotatable bonds is 4. The van der Waals surface area contributed by atoms with E-state index < -0.39 is 5.82 Å². The van der Waals surface area contributed by atoms with Crippen molar-refractivity contribution in [1.82, 2.24) is 14.9 Å². The van der Waals surface area contributed by atoms with Crippen LogP contribution < -0.4 is 0 Å². The van der Waals surface area contributed by atoms with Crippen LogP contribution in [0, 0.1) is 5.82 Å². The fourth-order valence-electron chi connectivity index (χ4n) is 3.90. The van der Waals surface area contributed by atoms with E-state index >= 15 is 0 Å². The number of carbonyl (C=O) groups is 1. The number of hydrogen-bond acceptors (Lipinski definition) is 3. The summed E-state index contributed by atoms with van der Waals surface area (Å²) in [6, 6.07) is 19.2. The second-order valence-corrected chi connectivity index (χ2v) is 7.20. The zero-order valence-corrected chi connectivity index (χ0v) is 15.7. The number of fused-ring (bicyclic) bond motifs is 2. The van der Waals surface area contributed by atoms with Gasteiger partial charge in [-0.25, -0.2) is 4.39 Å². The first kappa shape index (κ1) is 17.5. The van der Waals surface area contributed by atoms with E-state index in [2.05, 4.69) is 11.1 Å². The molecule has 0 bridgehead atoms. The Labute approximate surface area is 167 Å². The summed E-state index contributed by atoms with van der Waals surface area (Å²) in [5, 5.41) is 1.11. The monoisotopic (exact) mass is 383 g/mol. The quantitative estimate of drug-likeness (QED) is 0.516. The van der Waals surface area contributed by atoms with E-state index in [-0.39, 0.29) is 5.91 Å². The van der Waals surface area contributed by atoms with Crippen LogP contribution in [-0.2, 0) is 13.0 Å². The standard InChI is InChI=1S/C24H18FN3O/c25-19-12-18(13-26-14-19)21-6-3-5-17-15-28(24(29)23(17)21)11-10-20-9-8-16-4-1-2-7-22(16)27-20/h1-9,12-14H,10-11,15H2. The van der Waals surface area contributed by atoms with Crippen molar-refractivity contribution in [3.63, 3.8) is 0 Å². The summed E-state index contributed by atoms with van der Waals surface area (Å²) in [4.78, 5) is 23.6. The average molecular weight is 383 g/mol. The molecule has 5 heteroatoms. The third-order valence-corrected chi connectivity index (χ3v) is 5.32. The Hall–Kier alpha value is -3.60. The highest BCUT2D eigenvalue weighted by molar-refractivity contribution is 6.04. The van der Waals surface area contributed by atoms with Crippen molar-refractivity contribution in [2.45, 2.75) is 13.0 Å². The number of benzene rings is 2. The Balaban J connectivity index is 1.38. The molecule has 0 atom stereocenters. The lowest BCUT2D eigenvalue weighted by Crippen LogP contribution is -2.26. The van der Waals surface area contributed by atoms with Gasteiger partial charge in [-0.05, 0) is 29.3 Å². The molecule has 0 aliphatic carbocycles. The van der Waals surface area contributed by atoms with Crippen molar-refractivity contribution in [3.8, 4) is 11.1 Å². The molecule has 0 N–H and O–H groups in total. The molecule has 1 amide bonds. The molecule has 0 fully saturated rings. The Morgan fingerprint density at radius 1 is 1.00 bits per heavy atom. The first-order valence-electron chi connectivity index (χ1n) is 9.56. The van der Waals surface area contributed by atoms with Crippen LogP contribution in [0.15, 0.2) is 73.1 Å². The lowest BCUT2D eigenvalue weighted by atomic mass is 9.98. The van der Waals surface area contributed by atoms with Gasteiger partial charge in [-0.2, -0.15) is 0 Å². The summed E-state index contributed by atoms with van der Waals surface area (Å²) in [7, 11) is 0. The minimum absolute atomic E-state index is 0.0272. The fourth-order valence-corrected chi connectivity index (χ4v) is 3.90. The highest BCUT2D eigenvalue weighted by Crippen LogP contribution is 2.32. The van der Waals surface area contributed by atoms with Crippen molar-refractivity contribution in [1.29, 1.82) is 0 Å². The number of nitrogens with zero attached hydrogens (tertiary/aromatic N) is 3. The second kappa shape index (κ2) is 7.09. The molecule has 29 heavy (non-hydrogen) atoms. The second-order valence-electron chi connectivity index (χ2n) is 7.20. The maximum atomic E-state index is 13.6. The SMILES string of the molecule is O=C1c2c(cccc2-c2cncc(F)c2)CN1CCc1ccc2ccccc2n1. The zero-order chi connectivity index (χ0) is 19.8. The van der Waals surface area contributed by atoms with Crippen molar-refractivity contribution in [2.75, 3.05) is 6.54 Å². The number of amides is 1. The van der Waals surface area contributed by atoms with Gasteiger partial charge in [-0.1, -0.05) is 42.5 Å². The molecule has 4 aromatic rings. The smallest absolute Gasteiger partial charge is 0.255 e. The van der Waals surface area contributed by atoms with Gasteiger partial charge in [0.15, 0.2) is 0 Å². The van der Waals surface area contributed by atoms with Gasteiger partial charge in [-0.3, -0.25) is 14.8 Å². The largest absolute Gasteiger partial charge is 0.334 e. The maximum absolute atomic E-state index is 13.6. The molecule has 2 aromatic heterocycles. The summed E-state index contributed by atoms with van der Waals surface area (Å²) in [6.45, 7) is 1.14.